The van der Waals surface area contributed by atoms with Crippen molar-refractivity contribution in [1.82, 2.24) is 20.0 Å². The first-order valence-electron chi connectivity index (χ1n) is 12.5. The fraction of sp³-hybridized carbons (Fsp3) is 0.393. The molecule has 35 heavy (non-hydrogen) atoms. The van der Waals surface area contributed by atoms with E-state index >= 15 is 0 Å². The van der Waals surface area contributed by atoms with Crippen molar-refractivity contribution in [3.05, 3.63) is 71.5 Å². The zero-order valence-electron chi connectivity index (χ0n) is 20.5. The lowest BCUT2D eigenvalue weighted by molar-refractivity contribution is -0.117. The Morgan fingerprint density at radius 1 is 1.03 bits per heavy atom. The topological polar surface area (TPSA) is 79.3 Å². The minimum atomic E-state index is -0.147. The van der Waals surface area contributed by atoms with Crippen LogP contribution in [0.2, 0.25) is 0 Å². The molecule has 2 N–H and O–H groups in total. The van der Waals surface area contributed by atoms with Crippen LogP contribution in [-0.2, 0) is 11.8 Å². The predicted molar refractivity (Wildman–Crippen MR) is 137 cm³/mol. The smallest absolute Gasteiger partial charge is 0.253 e. The largest absolute Gasteiger partial charge is 0.339 e. The van der Waals surface area contributed by atoms with Crippen molar-refractivity contribution in [3.63, 3.8) is 0 Å². The fourth-order valence-corrected chi connectivity index (χ4v) is 5.13. The summed E-state index contributed by atoms with van der Waals surface area (Å²) in [4.78, 5) is 27.7. The maximum Gasteiger partial charge on any atom is 0.253 e. The minimum Gasteiger partial charge on any atom is -0.339 e. The summed E-state index contributed by atoms with van der Waals surface area (Å²) in [5, 5.41) is 10.5. The van der Waals surface area contributed by atoms with Crippen molar-refractivity contribution in [2.45, 2.75) is 44.6 Å². The molecule has 182 valence electrons. The van der Waals surface area contributed by atoms with Gasteiger partial charge in [0, 0.05) is 43.1 Å². The van der Waals surface area contributed by atoms with E-state index in [0.717, 1.165) is 62.1 Å². The van der Waals surface area contributed by atoms with Gasteiger partial charge < -0.3 is 15.5 Å². The summed E-state index contributed by atoms with van der Waals surface area (Å²) < 4.78 is 1.81. The number of anilines is 1. The highest BCUT2D eigenvalue weighted by Crippen LogP contribution is 2.31. The molecule has 2 aromatic carbocycles. The summed E-state index contributed by atoms with van der Waals surface area (Å²) in [5.74, 6) is 0.462. The average molecular weight is 472 g/mol. The van der Waals surface area contributed by atoms with Gasteiger partial charge in [-0.1, -0.05) is 30.3 Å². The normalized spacial score (nSPS) is 18.6. The molecule has 0 aliphatic carbocycles. The SMILES string of the molecule is Cc1ccc(C(=O)N2CCC(c3ccc(-c4cnn(C)c4)cc3)CC2)cc1NC(=O)[C@@H]1CCCN1. The molecule has 0 radical (unpaired) electrons. The summed E-state index contributed by atoms with van der Waals surface area (Å²) in [7, 11) is 1.92. The van der Waals surface area contributed by atoms with E-state index < -0.39 is 0 Å². The highest BCUT2D eigenvalue weighted by Gasteiger charge is 2.26. The van der Waals surface area contributed by atoms with Crippen LogP contribution in [0, 0.1) is 6.92 Å². The third kappa shape index (κ3) is 5.15. The molecule has 0 bridgehead atoms. The lowest BCUT2D eigenvalue weighted by atomic mass is 9.88. The van der Waals surface area contributed by atoms with Crippen molar-refractivity contribution >= 4 is 17.5 Å². The molecule has 2 aliphatic heterocycles. The molecule has 2 aliphatic rings. The van der Waals surface area contributed by atoms with Crippen molar-refractivity contribution in [2.24, 2.45) is 7.05 Å². The van der Waals surface area contributed by atoms with Crippen LogP contribution in [0.4, 0.5) is 5.69 Å². The molecule has 0 unspecified atom stereocenters. The third-order valence-electron chi connectivity index (χ3n) is 7.32. The van der Waals surface area contributed by atoms with Gasteiger partial charge in [0.1, 0.15) is 0 Å². The van der Waals surface area contributed by atoms with Crippen LogP contribution in [0.25, 0.3) is 11.1 Å². The number of nitrogens with one attached hydrogen (secondary N) is 2. The second kappa shape index (κ2) is 10.0. The van der Waals surface area contributed by atoms with Crippen molar-refractivity contribution < 1.29 is 9.59 Å². The first-order chi connectivity index (χ1) is 17.0. The molecule has 2 fully saturated rings. The molecule has 5 rings (SSSR count). The van der Waals surface area contributed by atoms with Gasteiger partial charge in [0.15, 0.2) is 0 Å². The number of aryl methyl sites for hydroxylation is 2. The summed E-state index contributed by atoms with van der Waals surface area (Å²) in [6, 6.07) is 14.2. The Labute approximate surface area is 206 Å². The molecule has 1 atom stereocenters. The number of piperidine rings is 1. The number of benzene rings is 2. The van der Waals surface area contributed by atoms with Crippen LogP contribution in [0.1, 0.15) is 53.1 Å². The molecule has 0 saturated carbocycles. The third-order valence-corrected chi connectivity index (χ3v) is 7.32. The number of nitrogens with zero attached hydrogens (tertiary/aromatic N) is 3. The quantitative estimate of drug-likeness (QED) is 0.587. The van der Waals surface area contributed by atoms with Gasteiger partial charge in [-0.3, -0.25) is 14.3 Å². The van der Waals surface area contributed by atoms with Crippen molar-refractivity contribution in [1.29, 1.82) is 0 Å². The Balaban J connectivity index is 1.20. The fourth-order valence-electron chi connectivity index (χ4n) is 5.13. The first-order valence-corrected chi connectivity index (χ1v) is 12.5. The van der Waals surface area contributed by atoms with Gasteiger partial charge in [0.25, 0.3) is 5.91 Å². The molecule has 3 aromatic rings. The van der Waals surface area contributed by atoms with Crippen LogP contribution in [0.15, 0.2) is 54.9 Å². The van der Waals surface area contributed by atoms with Gasteiger partial charge in [-0.2, -0.15) is 5.10 Å². The highest BCUT2D eigenvalue weighted by molar-refractivity contribution is 5.99. The molecular formula is C28H33N5O2. The average Bonchev–Trinajstić information content (AvgIpc) is 3.58. The Kier molecular flexibility index (Phi) is 6.68. The lowest BCUT2D eigenvalue weighted by Crippen LogP contribution is -2.38. The number of likely N-dealkylation sites (tertiary alicyclic amines) is 1. The van der Waals surface area contributed by atoms with E-state index in [1.54, 1.807) is 0 Å². The Morgan fingerprint density at radius 3 is 2.46 bits per heavy atom. The van der Waals surface area contributed by atoms with Gasteiger partial charge in [-0.05, 0) is 73.9 Å². The summed E-state index contributed by atoms with van der Waals surface area (Å²) >= 11 is 0. The number of rotatable bonds is 5. The molecule has 2 saturated heterocycles. The number of carbonyl (C=O) groups excluding carboxylic acids is 2. The van der Waals surface area contributed by atoms with E-state index in [-0.39, 0.29) is 17.9 Å². The van der Waals surface area contributed by atoms with Crippen LogP contribution in [0.5, 0.6) is 0 Å². The highest BCUT2D eigenvalue weighted by atomic mass is 16.2. The van der Waals surface area contributed by atoms with Crippen molar-refractivity contribution in [2.75, 3.05) is 25.0 Å². The zero-order valence-corrected chi connectivity index (χ0v) is 20.5. The Bertz CT molecular complexity index is 1200. The molecule has 1 aromatic heterocycles. The van der Waals surface area contributed by atoms with Crippen LogP contribution in [-0.4, -0.2) is 52.2 Å². The number of aromatic nitrogens is 2. The molecular weight excluding hydrogens is 438 g/mol. The number of amides is 2. The molecule has 2 amide bonds. The first kappa shape index (κ1) is 23.3. The summed E-state index contributed by atoms with van der Waals surface area (Å²) in [6.07, 6.45) is 7.66. The van der Waals surface area contributed by atoms with E-state index in [2.05, 4.69) is 40.0 Å². The van der Waals surface area contributed by atoms with Gasteiger partial charge in [-0.25, -0.2) is 0 Å². The molecule has 7 nitrogen and oxygen atoms in total. The molecule has 7 heteroatoms. The maximum atomic E-state index is 13.2. The van der Waals surface area contributed by atoms with Gasteiger partial charge in [-0.15, -0.1) is 0 Å². The molecule has 3 heterocycles. The van der Waals surface area contributed by atoms with E-state index in [0.29, 0.717) is 11.5 Å². The maximum absolute atomic E-state index is 13.2. The van der Waals surface area contributed by atoms with Crippen molar-refractivity contribution in [3.8, 4) is 11.1 Å². The standard InChI is InChI=1S/C28H33N5O2/c1-19-5-6-23(16-26(19)31-27(34)25-4-3-13-29-25)28(35)33-14-11-22(12-15-33)20-7-9-21(10-8-20)24-17-30-32(2)18-24/h5-10,16-18,22,25,29H,3-4,11-15H2,1-2H3,(H,31,34)/t25-/m0/s1. The minimum absolute atomic E-state index is 0.0226. The molecule has 0 spiro atoms. The van der Waals surface area contributed by atoms with Gasteiger partial charge in [0.05, 0.1) is 12.2 Å². The second-order valence-corrected chi connectivity index (χ2v) is 9.76. The van der Waals surface area contributed by atoms with Gasteiger partial charge in [0.2, 0.25) is 5.91 Å². The van der Waals surface area contributed by atoms with E-state index in [4.69, 9.17) is 0 Å². The van der Waals surface area contributed by atoms with Crippen LogP contribution >= 0.6 is 0 Å². The summed E-state index contributed by atoms with van der Waals surface area (Å²) in [6.45, 7) is 4.29. The van der Waals surface area contributed by atoms with E-state index in [9.17, 15) is 9.59 Å². The Hall–Kier alpha value is -3.45. The number of carbonyl (C=O) groups is 2. The van der Waals surface area contributed by atoms with Crippen LogP contribution in [0.3, 0.4) is 0 Å². The second-order valence-electron chi connectivity index (χ2n) is 9.76. The van der Waals surface area contributed by atoms with Crippen LogP contribution < -0.4 is 10.6 Å². The van der Waals surface area contributed by atoms with E-state index in [1.807, 2.05) is 54.1 Å². The monoisotopic (exact) mass is 471 g/mol. The number of hydrogen-bond acceptors (Lipinski definition) is 4. The Morgan fingerprint density at radius 2 is 1.80 bits per heavy atom. The summed E-state index contributed by atoms with van der Waals surface area (Å²) in [5.41, 5.74) is 5.92. The zero-order chi connectivity index (χ0) is 24.4. The van der Waals surface area contributed by atoms with Gasteiger partial charge >= 0.3 is 0 Å². The lowest BCUT2D eigenvalue weighted by Gasteiger charge is -2.32. The number of hydrogen-bond donors (Lipinski definition) is 2. The van der Waals surface area contributed by atoms with E-state index in [1.165, 1.54) is 11.1 Å². The predicted octanol–water partition coefficient (Wildman–Crippen LogP) is 4.11.